The molecule has 1 atom stereocenters. The summed E-state index contributed by atoms with van der Waals surface area (Å²) in [6.07, 6.45) is 13.2. The number of hydrogen-bond acceptors (Lipinski definition) is 2. The Balaban J connectivity index is 0.000000437. The Morgan fingerprint density at radius 3 is 2.06 bits per heavy atom. The maximum absolute atomic E-state index is 4.27. The van der Waals surface area contributed by atoms with Crippen LogP contribution in [0.3, 0.4) is 0 Å². The van der Waals surface area contributed by atoms with Crippen LogP contribution in [0.15, 0.2) is 18.6 Å². The van der Waals surface area contributed by atoms with Crippen molar-refractivity contribution in [1.82, 2.24) is 9.97 Å². The van der Waals surface area contributed by atoms with Gasteiger partial charge >= 0.3 is 0 Å². The first-order chi connectivity index (χ1) is 8.26. The summed E-state index contributed by atoms with van der Waals surface area (Å²) in [6, 6.07) is 0. The molecule has 0 amide bonds. The van der Waals surface area contributed by atoms with Gasteiger partial charge in [-0.15, -0.1) is 0 Å². The highest BCUT2D eigenvalue weighted by Crippen LogP contribution is 2.17. The zero-order chi connectivity index (χ0) is 12.9. The van der Waals surface area contributed by atoms with Crippen molar-refractivity contribution in [3.05, 3.63) is 24.3 Å². The molecule has 2 heteroatoms. The molecule has 1 aromatic rings. The highest BCUT2D eigenvalue weighted by molar-refractivity contribution is 5.01. The fourth-order valence-electron chi connectivity index (χ4n) is 1.58. The van der Waals surface area contributed by atoms with Crippen molar-refractivity contribution in [2.45, 2.75) is 72.1 Å². The van der Waals surface area contributed by atoms with Crippen molar-refractivity contribution < 1.29 is 0 Å². The molecule has 0 N–H and O–H groups in total. The Hall–Kier alpha value is -0.920. The summed E-state index contributed by atoms with van der Waals surface area (Å²) in [5.41, 5.74) is 1.12. The number of unbranched alkanes of at least 4 members (excludes halogenated alkanes) is 3. The lowest BCUT2D eigenvalue weighted by Crippen LogP contribution is -1.96. The van der Waals surface area contributed by atoms with Gasteiger partial charge in [0.25, 0.3) is 0 Å². The van der Waals surface area contributed by atoms with Gasteiger partial charge < -0.3 is 0 Å². The molecule has 1 rings (SSSR count). The Morgan fingerprint density at radius 2 is 1.65 bits per heavy atom. The fraction of sp³-hybridized carbons (Fsp3) is 0.733. The average molecular weight is 236 g/mol. The third kappa shape index (κ3) is 8.84. The molecule has 17 heavy (non-hydrogen) atoms. The van der Waals surface area contributed by atoms with Crippen molar-refractivity contribution in [3.8, 4) is 0 Å². The molecule has 0 saturated carbocycles. The normalized spacial score (nSPS) is 11.5. The van der Waals surface area contributed by atoms with Gasteiger partial charge in [0, 0.05) is 18.6 Å². The van der Waals surface area contributed by atoms with Crippen LogP contribution >= 0.6 is 0 Å². The predicted molar refractivity (Wildman–Crippen MR) is 75.2 cm³/mol. The SMILES string of the molecule is CCCCC.CCCCC(C)c1cnccn1. The fourth-order valence-corrected chi connectivity index (χ4v) is 1.58. The maximum atomic E-state index is 4.27. The van der Waals surface area contributed by atoms with Gasteiger partial charge in [0.2, 0.25) is 0 Å². The molecule has 0 bridgehead atoms. The molecule has 0 aliphatic rings. The molecular weight excluding hydrogens is 208 g/mol. The summed E-state index contributed by atoms with van der Waals surface area (Å²) >= 11 is 0. The second-order valence-electron chi connectivity index (χ2n) is 4.53. The second kappa shape index (κ2) is 11.6. The summed E-state index contributed by atoms with van der Waals surface area (Å²) < 4.78 is 0. The number of hydrogen-bond donors (Lipinski definition) is 0. The maximum Gasteiger partial charge on any atom is 0.0614 e. The molecule has 98 valence electrons. The lowest BCUT2D eigenvalue weighted by Gasteiger charge is -2.08. The van der Waals surface area contributed by atoms with Gasteiger partial charge in [-0.2, -0.15) is 0 Å². The molecule has 0 saturated heterocycles. The lowest BCUT2D eigenvalue weighted by molar-refractivity contribution is 0.609. The van der Waals surface area contributed by atoms with Crippen LogP contribution in [0.5, 0.6) is 0 Å². The topological polar surface area (TPSA) is 25.8 Å². The molecule has 1 aromatic heterocycles. The smallest absolute Gasteiger partial charge is 0.0614 e. The Bertz CT molecular complexity index is 244. The van der Waals surface area contributed by atoms with E-state index in [0.29, 0.717) is 5.92 Å². The number of rotatable bonds is 6. The van der Waals surface area contributed by atoms with Crippen LogP contribution in [0, 0.1) is 0 Å². The largest absolute Gasteiger partial charge is 0.261 e. The first-order valence-electron chi connectivity index (χ1n) is 7.02. The van der Waals surface area contributed by atoms with Gasteiger partial charge in [0.05, 0.1) is 5.69 Å². The highest BCUT2D eigenvalue weighted by Gasteiger charge is 2.04. The molecule has 1 unspecified atom stereocenters. The summed E-state index contributed by atoms with van der Waals surface area (Å²) in [5, 5.41) is 0. The van der Waals surface area contributed by atoms with Crippen LogP contribution in [-0.4, -0.2) is 9.97 Å². The third-order valence-electron chi connectivity index (χ3n) is 2.79. The first kappa shape index (κ1) is 16.1. The van der Waals surface area contributed by atoms with Crippen LogP contribution in [0.2, 0.25) is 0 Å². The first-order valence-corrected chi connectivity index (χ1v) is 7.02. The van der Waals surface area contributed by atoms with Gasteiger partial charge in [-0.25, -0.2) is 0 Å². The predicted octanol–water partition coefficient (Wildman–Crippen LogP) is 4.97. The highest BCUT2D eigenvalue weighted by atomic mass is 14.8. The Kier molecular flexibility index (Phi) is 10.9. The minimum absolute atomic E-state index is 0.554. The van der Waals surface area contributed by atoms with Crippen molar-refractivity contribution >= 4 is 0 Å². The van der Waals surface area contributed by atoms with Gasteiger partial charge in [-0.05, 0) is 12.3 Å². The van der Waals surface area contributed by atoms with E-state index in [4.69, 9.17) is 0 Å². The number of aromatic nitrogens is 2. The van der Waals surface area contributed by atoms with E-state index < -0.39 is 0 Å². The van der Waals surface area contributed by atoms with E-state index in [1.807, 2.05) is 6.20 Å². The zero-order valence-electron chi connectivity index (χ0n) is 11.9. The van der Waals surface area contributed by atoms with Crippen molar-refractivity contribution in [1.29, 1.82) is 0 Å². The van der Waals surface area contributed by atoms with Gasteiger partial charge in [-0.3, -0.25) is 9.97 Å². The zero-order valence-corrected chi connectivity index (χ0v) is 11.9. The van der Waals surface area contributed by atoms with Crippen molar-refractivity contribution in [3.63, 3.8) is 0 Å². The number of nitrogens with zero attached hydrogens (tertiary/aromatic N) is 2. The van der Waals surface area contributed by atoms with Crippen LogP contribution in [0.4, 0.5) is 0 Å². The molecule has 0 aliphatic heterocycles. The summed E-state index contributed by atoms with van der Waals surface area (Å²) in [5.74, 6) is 0.554. The third-order valence-corrected chi connectivity index (χ3v) is 2.79. The van der Waals surface area contributed by atoms with E-state index >= 15 is 0 Å². The molecule has 1 heterocycles. The van der Waals surface area contributed by atoms with E-state index in [1.165, 1.54) is 38.5 Å². The Morgan fingerprint density at radius 1 is 1.00 bits per heavy atom. The van der Waals surface area contributed by atoms with Crippen LogP contribution in [0.25, 0.3) is 0 Å². The lowest BCUT2D eigenvalue weighted by atomic mass is 10.0. The molecule has 0 aromatic carbocycles. The van der Waals surface area contributed by atoms with E-state index in [2.05, 4.69) is 37.7 Å². The summed E-state index contributed by atoms with van der Waals surface area (Å²) in [6.45, 7) is 8.84. The van der Waals surface area contributed by atoms with Crippen LogP contribution in [-0.2, 0) is 0 Å². The van der Waals surface area contributed by atoms with Gasteiger partial charge in [0.1, 0.15) is 0 Å². The van der Waals surface area contributed by atoms with E-state index in [-0.39, 0.29) is 0 Å². The standard InChI is InChI=1S/C10H16N2.C5H12/c1-3-4-5-9(2)10-8-11-6-7-12-10;1-3-5-4-2/h6-9H,3-5H2,1-2H3;3-5H2,1-2H3. The van der Waals surface area contributed by atoms with E-state index in [9.17, 15) is 0 Å². The quantitative estimate of drug-likeness (QED) is 0.697. The van der Waals surface area contributed by atoms with E-state index in [1.54, 1.807) is 12.4 Å². The second-order valence-corrected chi connectivity index (χ2v) is 4.53. The average Bonchev–Trinajstić information content (AvgIpc) is 2.38. The Labute approximate surface area is 107 Å². The summed E-state index contributed by atoms with van der Waals surface area (Å²) in [4.78, 5) is 8.32. The molecule has 0 aliphatic carbocycles. The van der Waals surface area contributed by atoms with Crippen molar-refractivity contribution in [2.75, 3.05) is 0 Å². The molecule has 0 fully saturated rings. The van der Waals surface area contributed by atoms with Crippen LogP contribution < -0.4 is 0 Å². The monoisotopic (exact) mass is 236 g/mol. The van der Waals surface area contributed by atoms with Gasteiger partial charge in [0.15, 0.2) is 0 Å². The van der Waals surface area contributed by atoms with Gasteiger partial charge in [-0.1, -0.05) is 59.8 Å². The molecule has 0 spiro atoms. The van der Waals surface area contributed by atoms with Crippen molar-refractivity contribution in [2.24, 2.45) is 0 Å². The van der Waals surface area contributed by atoms with Crippen LogP contribution in [0.1, 0.15) is 77.8 Å². The minimum atomic E-state index is 0.554. The minimum Gasteiger partial charge on any atom is -0.261 e. The molecule has 0 radical (unpaired) electrons. The molecule has 2 nitrogen and oxygen atoms in total. The summed E-state index contributed by atoms with van der Waals surface area (Å²) in [7, 11) is 0. The van der Waals surface area contributed by atoms with E-state index in [0.717, 1.165) is 5.69 Å². The molecular formula is C15H28N2.